The molecule has 1 aliphatic carbocycles. The fourth-order valence-corrected chi connectivity index (χ4v) is 2.51. The molecule has 0 saturated heterocycles. The van der Waals surface area contributed by atoms with Crippen LogP contribution in [0.4, 0.5) is 5.13 Å². The van der Waals surface area contributed by atoms with Gasteiger partial charge in [0.1, 0.15) is 0 Å². The predicted molar refractivity (Wildman–Crippen MR) is 68.4 cm³/mol. The van der Waals surface area contributed by atoms with Crippen LogP contribution < -0.4 is 10.6 Å². The van der Waals surface area contributed by atoms with Crippen molar-refractivity contribution < 1.29 is 4.79 Å². The average Bonchev–Trinajstić information content (AvgIpc) is 2.70. The summed E-state index contributed by atoms with van der Waals surface area (Å²) in [5, 5.41) is 14.8. The summed E-state index contributed by atoms with van der Waals surface area (Å²) in [5.74, 6) is 0.716. The first kappa shape index (κ1) is 12.3. The summed E-state index contributed by atoms with van der Waals surface area (Å²) in [6, 6.07) is 0. The van der Waals surface area contributed by atoms with Gasteiger partial charge >= 0.3 is 0 Å². The Kier molecular flexibility index (Phi) is 4.30. The molecule has 1 saturated carbocycles. The van der Waals surface area contributed by atoms with Gasteiger partial charge in [0, 0.05) is 13.1 Å². The molecule has 17 heavy (non-hydrogen) atoms. The zero-order valence-corrected chi connectivity index (χ0v) is 10.8. The van der Waals surface area contributed by atoms with Crippen molar-refractivity contribution in [3.8, 4) is 0 Å². The summed E-state index contributed by atoms with van der Waals surface area (Å²) in [7, 11) is 0. The molecular weight excluding hydrogens is 236 g/mol. The van der Waals surface area contributed by atoms with E-state index in [2.05, 4.69) is 20.8 Å². The fourth-order valence-electron chi connectivity index (χ4n) is 1.78. The third kappa shape index (κ3) is 3.39. The van der Waals surface area contributed by atoms with Gasteiger partial charge in [0.15, 0.2) is 0 Å². The molecule has 0 atom stereocenters. The maximum absolute atomic E-state index is 11.7. The standard InChI is InChI=1S/C11H18N4OS/c1-2-12-11-15-14-10(17-11)9(16)13-7-6-8-4-3-5-8/h8H,2-7H2,1H3,(H,12,15)(H,13,16). The molecule has 0 unspecified atom stereocenters. The van der Waals surface area contributed by atoms with Crippen LogP contribution in [0.1, 0.15) is 42.4 Å². The van der Waals surface area contributed by atoms with E-state index in [-0.39, 0.29) is 5.91 Å². The second-order valence-corrected chi connectivity index (χ2v) is 5.26. The average molecular weight is 254 g/mol. The van der Waals surface area contributed by atoms with Gasteiger partial charge < -0.3 is 10.6 Å². The van der Waals surface area contributed by atoms with E-state index in [1.807, 2.05) is 6.92 Å². The Labute approximate surface area is 105 Å². The third-order valence-electron chi connectivity index (χ3n) is 3.01. The molecule has 0 spiro atoms. The smallest absolute Gasteiger partial charge is 0.282 e. The lowest BCUT2D eigenvalue weighted by Gasteiger charge is -2.24. The van der Waals surface area contributed by atoms with Gasteiger partial charge in [-0.1, -0.05) is 30.6 Å². The quantitative estimate of drug-likeness (QED) is 0.813. The van der Waals surface area contributed by atoms with Crippen molar-refractivity contribution in [3.63, 3.8) is 0 Å². The molecule has 1 aliphatic rings. The van der Waals surface area contributed by atoms with Crippen molar-refractivity contribution in [1.82, 2.24) is 15.5 Å². The molecule has 0 bridgehead atoms. The van der Waals surface area contributed by atoms with Crippen molar-refractivity contribution in [2.75, 3.05) is 18.4 Å². The zero-order valence-electron chi connectivity index (χ0n) is 10.0. The van der Waals surface area contributed by atoms with E-state index in [0.29, 0.717) is 10.1 Å². The van der Waals surface area contributed by atoms with Crippen molar-refractivity contribution in [3.05, 3.63) is 5.01 Å². The van der Waals surface area contributed by atoms with E-state index in [9.17, 15) is 4.79 Å². The Balaban J connectivity index is 1.73. The Morgan fingerprint density at radius 1 is 1.47 bits per heavy atom. The summed E-state index contributed by atoms with van der Waals surface area (Å²) < 4.78 is 0. The summed E-state index contributed by atoms with van der Waals surface area (Å²) in [4.78, 5) is 11.7. The highest BCUT2D eigenvalue weighted by Crippen LogP contribution is 2.28. The van der Waals surface area contributed by atoms with Gasteiger partial charge in [0.25, 0.3) is 5.91 Å². The van der Waals surface area contributed by atoms with Crippen molar-refractivity contribution in [2.45, 2.75) is 32.6 Å². The lowest BCUT2D eigenvalue weighted by Crippen LogP contribution is -2.27. The van der Waals surface area contributed by atoms with Crippen LogP contribution in [0.15, 0.2) is 0 Å². The second kappa shape index (κ2) is 5.95. The van der Waals surface area contributed by atoms with E-state index in [1.54, 1.807) is 0 Å². The minimum atomic E-state index is -0.106. The maximum Gasteiger partial charge on any atom is 0.282 e. The SMILES string of the molecule is CCNc1nnc(C(=O)NCCC2CCC2)s1. The number of nitrogens with one attached hydrogen (secondary N) is 2. The molecule has 5 nitrogen and oxygen atoms in total. The number of rotatable bonds is 6. The fraction of sp³-hybridized carbons (Fsp3) is 0.727. The number of aromatic nitrogens is 2. The lowest BCUT2D eigenvalue weighted by atomic mass is 9.83. The first-order valence-electron chi connectivity index (χ1n) is 6.15. The van der Waals surface area contributed by atoms with Crippen LogP contribution in [0.5, 0.6) is 0 Å². The molecule has 94 valence electrons. The van der Waals surface area contributed by atoms with Crippen LogP contribution in [-0.4, -0.2) is 29.2 Å². The number of anilines is 1. The topological polar surface area (TPSA) is 66.9 Å². The van der Waals surface area contributed by atoms with Gasteiger partial charge in [-0.2, -0.15) is 0 Å². The molecule has 2 rings (SSSR count). The Morgan fingerprint density at radius 2 is 2.29 bits per heavy atom. The van der Waals surface area contributed by atoms with Crippen LogP contribution >= 0.6 is 11.3 Å². The van der Waals surface area contributed by atoms with Crippen molar-refractivity contribution in [1.29, 1.82) is 0 Å². The second-order valence-electron chi connectivity index (χ2n) is 4.28. The summed E-state index contributed by atoms with van der Waals surface area (Å²) in [6.45, 7) is 3.53. The summed E-state index contributed by atoms with van der Waals surface area (Å²) >= 11 is 1.30. The van der Waals surface area contributed by atoms with Crippen LogP contribution in [0.25, 0.3) is 0 Å². The van der Waals surface area contributed by atoms with Gasteiger partial charge in [0.2, 0.25) is 10.1 Å². The molecule has 0 radical (unpaired) electrons. The van der Waals surface area contributed by atoms with Crippen LogP contribution in [0.3, 0.4) is 0 Å². The number of nitrogens with zero attached hydrogens (tertiary/aromatic N) is 2. The van der Waals surface area contributed by atoms with Gasteiger partial charge in [-0.15, -0.1) is 10.2 Å². The first-order chi connectivity index (χ1) is 8.29. The maximum atomic E-state index is 11.7. The molecular formula is C11H18N4OS. The predicted octanol–water partition coefficient (Wildman–Crippen LogP) is 1.89. The van der Waals surface area contributed by atoms with E-state index in [1.165, 1.54) is 30.6 Å². The van der Waals surface area contributed by atoms with Gasteiger partial charge in [-0.25, -0.2) is 0 Å². The highest BCUT2D eigenvalue weighted by molar-refractivity contribution is 7.17. The third-order valence-corrected chi connectivity index (χ3v) is 3.89. The van der Waals surface area contributed by atoms with Gasteiger partial charge in [0.05, 0.1) is 0 Å². The number of carbonyl (C=O) groups excluding carboxylic acids is 1. The zero-order chi connectivity index (χ0) is 12.1. The summed E-state index contributed by atoms with van der Waals surface area (Å²) in [5.41, 5.74) is 0. The molecule has 1 heterocycles. The van der Waals surface area contributed by atoms with Gasteiger partial charge in [-0.05, 0) is 19.3 Å². The van der Waals surface area contributed by atoms with Crippen molar-refractivity contribution >= 4 is 22.4 Å². The van der Waals surface area contributed by atoms with E-state index >= 15 is 0 Å². The van der Waals surface area contributed by atoms with Gasteiger partial charge in [-0.3, -0.25) is 4.79 Å². The minimum Gasteiger partial charge on any atom is -0.360 e. The van der Waals surface area contributed by atoms with Crippen LogP contribution in [-0.2, 0) is 0 Å². The number of hydrogen-bond acceptors (Lipinski definition) is 5. The Morgan fingerprint density at radius 3 is 2.94 bits per heavy atom. The highest BCUT2D eigenvalue weighted by Gasteiger charge is 2.18. The summed E-state index contributed by atoms with van der Waals surface area (Å²) in [6.07, 6.45) is 5.07. The number of hydrogen-bond donors (Lipinski definition) is 2. The number of amides is 1. The first-order valence-corrected chi connectivity index (χ1v) is 6.97. The molecule has 1 amide bonds. The van der Waals surface area contributed by atoms with E-state index in [4.69, 9.17) is 0 Å². The monoisotopic (exact) mass is 254 g/mol. The molecule has 2 N–H and O–H groups in total. The lowest BCUT2D eigenvalue weighted by molar-refractivity contribution is 0.0948. The number of carbonyl (C=O) groups is 1. The Hall–Kier alpha value is -1.17. The molecule has 1 aromatic rings. The van der Waals surface area contributed by atoms with Crippen LogP contribution in [0, 0.1) is 5.92 Å². The van der Waals surface area contributed by atoms with Crippen molar-refractivity contribution in [2.24, 2.45) is 5.92 Å². The normalized spacial score (nSPS) is 15.4. The van der Waals surface area contributed by atoms with E-state index in [0.717, 1.165) is 25.4 Å². The molecule has 0 aromatic carbocycles. The molecule has 6 heteroatoms. The molecule has 1 fully saturated rings. The Bertz CT molecular complexity index is 375. The molecule has 1 aromatic heterocycles. The highest BCUT2D eigenvalue weighted by atomic mass is 32.1. The van der Waals surface area contributed by atoms with Crippen LogP contribution in [0.2, 0.25) is 0 Å². The minimum absolute atomic E-state index is 0.106. The largest absolute Gasteiger partial charge is 0.360 e. The molecule has 0 aliphatic heterocycles. The van der Waals surface area contributed by atoms with E-state index < -0.39 is 0 Å².